The van der Waals surface area contributed by atoms with Crippen LogP contribution in [0, 0.1) is 6.92 Å². The average Bonchev–Trinajstić information content (AvgIpc) is 3.17. The van der Waals surface area contributed by atoms with E-state index in [1.807, 2.05) is 6.92 Å². The Morgan fingerprint density at radius 2 is 0.875 bits per heavy atom. The number of unbranched alkanes of at least 4 members (excludes halogenated alkanes) is 29. The number of aryl methyl sites for hydroxylation is 1. The van der Waals surface area contributed by atoms with Gasteiger partial charge in [-0.3, -0.25) is 4.79 Å². The topological polar surface area (TPSA) is 117 Å². The molecule has 0 radical (unpaired) electrons. The highest BCUT2D eigenvalue weighted by atomic mass is 32.2. The summed E-state index contributed by atoms with van der Waals surface area (Å²) in [5.41, 5.74) is 4.82. The quantitative estimate of drug-likeness (QED) is 0.0513. The van der Waals surface area contributed by atoms with E-state index in [1.165, 1.54) is 205 Å². The largest absolute Gasteiger partial charge is 0.744 e. The maximum atomic E-state index is 11.7. The molecule has 0 atom stereocenters. The molecule has 7 nitrogen and oxygen atoms in total. The van der Waals surface area contributed by atoms with E-state index in [2.05, 4.69) is 43.9 Å². The van der Waals surface area contributed by atoms with Crippen LogP contribution >= 0.6 is 0 Å². The monoisotopic (exact) mass is 810 g/mol. The standard InChI is InChI=1S/C23H48N2O.C18H39N.C7H8O3S/c1-4-5-6-7-8-9-10-11-12-13-14-15-16-17-18-20-23(26)24-21-19-22-25(2)3;1-2-3-4-5-6-7-8-9-10-11-12-13-14-15-16-17-18-19;1-6-2-4-7(5-3-6)11(8,9)10/h4-22H2,1-3H3,(H,24,26);2-19H2,1H3;2-5H,1H3,(H,8,9,10). The number of benzene rings is 1. The average molecular weight is 810 g/mol. The van der Waals surface area contributed by atoms with Gasteiger partial charge in [-0.1, -0.05) is 211 Å². The van der Waals surface area contributed by atoms with Crippen LogP contribution in [0.25, 0.3) is 0 Å². The lowest BCUT2D eigenvalue weighted by Crippen LogP contribution is -2.50. The van der Waals surface area contributed by atoms with E-state index in [0.717, 1.165) is 38.0 Å². The third-order valence-electron chi connectivity index (χ3n) is 10.5. The van der Waals surface area contributed by atoms with Gasteiger partial charge in [0, 0.05) is 13.0 Å². The minimum atomic E-state index is -4.27. The van der Waals surface area contributed by atoms with Gasteiger partial charge in [-0.15, -0.1) is 0 Å². The van der Waals surface area contributed by atoms with Gasteiger partial charge in [0.05, 0.1) is 11.4 Å². The molecule has 0 aliphatic carbocycles. The van der Waals surface area contributed by atoms with Crippen molar-refractivity contribution in [2.45, 2.75) is 238 Å². The third-order valence-corrected chi connectivity index (χ3v) is 11.4. The van der Waals surface area contributed by atoms with Crippen LogP contribution in [0.3, 0.4) is 0 Å². The normalized spacial score (nSPS) is 11.2. The van der Waals surface area contributed by atoms with E-state index in [-0.39, 0.29) is 10.8 Å². The molecule has 0 bridgehead atoms. The van der Waals surface area contributed by atoms with Crippen LogP contribution in [-0.2, 0) is 14.9 Å². The van der Waals surface area contributed by atoms with E-state index in [0.29, 0.717) is 6.42 Å². The maximum absolute atomic E-state index is 11.7. The van der Waals surface area contributed by atoms with Crippen LogP contribution < -0.4 is 11.1 Å². The fourth-order valence-electron chi connectivity index (χ4n) is 6.80. The van der Waals surface area contributed by atoms with Gasteiger partial charge in [-0.2, -0.15) is 0 Å². The van der Waals surface area contributed by atoms with Crippen LogP contribution in [-0.4, -0.2) is 57.5 Å². The van der Waals surface area contributed by atoms with Crippen molar-refractivity contribution in [3.8, 4) is 0 Å². The van der Waals surface area contributed by atoms with Crippen molar-refractivity contribution in [1.29, 1.82) is 0 Å². The molecular formula is C48H95N3O4S. The molecule has 0 fully saturated rings. The van der Waals surface area contributed by atoms with Gasteiger partial charge in [-0.25, -0.2) is 8.42 Å². The van der Waals surface area contributed by atoms with Crippen molar-refractivity contribution in [3.05, 3.63) is 29.8 Å². The lowest BCUT2D eigenvalue weighted by atomic mass is 10.0. The summed E-state index contributed by atoms with van der Waals surface area (Å²) in [4.78, 5) is 13.7. The van der Waals surface area contributed by atoms with Crippen LogP contribution in [0.4, 0.5) is 0 Å². The SMILES string of the molecule is CCCCCCCCCCCCCCCCCC(=O)NCCCN(C)C.CCCCCCCCCCCCCCCCCC[NH3+].Cc1ccc(S(=O)(=O)[O-])cc1. The van der Waals surface area contributed by atoms with E-state index in [9.17, 15) is 17.8 Å². The summed E-state index contributed by atoms with van der Waals surface area (Å²) in [6.07, 6.45) is 45.5. The van der Waals surface area contributed by atoms with Crippen molar-refractivity contribution in [3.63, 3.8) is 0 Å². The molecule has 4 N–H and O–H groups in total. The zero-order valence-electron chi connectivity index (χ0n) is 38.0. The Hall–Kier alpha value is -1.48. The minimum absolute atomic E-state index is 0.178. The van der Waals surface area contributed by atoms with Crippen LogP contribution in [0.2, 0.25) is 0 Å². The molecule has 0 aliphatic heterocycles. The molecule has 0 saturated carbocycles. The van der Waals surface area contributed by atoms with Gasteiger partial charge in [0.2, 0.25) is 5.91 Å². The second-order valence-corrected chi connectivity index (χ2v) is 18.0. The molecule has 1 rings (SSSR count). The lowest BCUT2D eigenvalue weighted by Gasteiger charge is -2.09. The number of carbonyl (C=O) groups excluding carboxylic acids is 1. The van der Waals surface area contributed by atoms with Gasteiger partial charge in [0.1, 0.15) is 10.1 Å². The highest BCUT2D eigenvalue weighted by molar-refractivity contribution is 7.85. The second kappa shape index (κ2) is 44.6. The Bertz CT molecular complexity index is 1020. The molecule has 56 heavy (non-hydrogen) atoms. The third kappa shape index (κ3) is 46.9. The Morgan fingerprint density at radius 1 is 0.554 bits per heavy atom. The summed E-state index contributed by atoms with van der Waals surface area (Å²) in [7, 11) is -0.136. The van der Waals surface area contributed by atoms with E-state index >= 15 is 0 Å². The van der Waals surface area contributed by atoms with Crippen molar-refractivity contribution in [2.75, 3.05) is 33.7 Å². The van der Waals surface area contributed by atoms with Gasteiger partial charge in [0.15, 0.2) is 0 Å². The van der Waals surface area contributed by atoms with Gasteiger partial charge in [0.25, 0.3) is 0 Å². The molecule has 0 aliphatic rings. The molecule has 0 heterocycles. The fourth-order valence-corrected chi connectivity index (χ4v) is 7.27. The van der Waals surface area contributed by atoms with Crippen molar-refractivity contribution in [1.82, 2.24) is 10.2 Å². The molecule has 0 saturated heterocycles. The highest BCUT2D eigenvalue weighted by Crippen LogP contribution is 2.15. The Morgan fingerprint density at radius 3 is 1.18 bits per heavy atom. The van der Waals surface area contributed by atoms with Crippen LogP contribution in [0.5, 0.6) is 0 Å². The van der Waals surface area contributed by atoms with Crippen molar-refractivity contribution < 1.29 is 23.5 Å². The molecule has 1 amide bonds. The summed E-state index contributed by atoms with van der Waals surface area (Å²) >= 11 is 0. The zero-order chi connectivity index (χ0) is 41.8. The maximum Gasteiger partial charge on any atom is 0.219 e. The van der Waals surface area contributed by atoms with Gasteiger partial charge >= 0.3 is 0 Å². The molecule has 0 aromatic heterocycles. The number of quaternary nitrogens is 1. The number of hydrogen-bond donors (Lipinski definition) is 2. The predicted molar refractivity (Wildman–Crippen MR) is 242 cm³/mol. The fraction of sp³-hybridized carbons (Fsp3) is 0.854. The van der Waals surface area contributed by atoms with Gasteiger partial charge < -0.3 is 20.5 Å². The first-order valence-corrected chi connectivity index (χ1v) is 25.2. The summed E-state index contributed by atoms with van der Waals surface area (Å²) in [5, 5.41) is 3.02. The molecule has 332 valence electrons. The Balaban J connectivity index is 0. The molecule has 1 aromatic rings. The summed E-state index contributed by atoms with van der Waals surface area (Å²) in [6, 6.07) is 5.78. The lowest BCUT2D eigenvalue weighted by molar-refractivity contribution is -0.368. The first-order valence-electron chi connectivity index (χ1n) is 23.8. The van der Waals surface area contributed by atoms with Crippen LogP contribution in [0.1, 0.15) is 231 Å². The van der Waals surface area contributed by atoms with Gasteiger partial charge in [-0.05, 0) is 65.4 Å². The van der Waals surface area contributed by atoms with Crippen molar-refractivity contribution >= 4 is 16.0 Å². The van der Waals surface area contributed by atoms with E-state index in [4.69, 9.17) is 0 Å². The first kappa shape index (κ1) is 56.6. The number of carbonyl (C=O) groups is 1. The number of amides is 1. The highest BCUT2D eigenvalue weighted by Gasteiger charge is 2.02. The molecule has 1 aromatic carbocycles. The molecule has 0 spiro atoms. The first-order chi connectivity index (χ1) is 27.1. The minimum Gasteiger partial charge on any atom is -0.744 e. The van der Waals surface area contributed by atoms with Crippen molar-refractivity contribution in [2.24, 2.45) is 0 Å². The Kier molecular flexibility index (Phi) is 45.1. The van der Waals surface area contributed by atoms with Crippen LogP contribution in [0.15, 0.2) is 29.2 Å². The number of nitrogens with one attached hydrogen (secondary N) is 1. The second-order valence-electron chi connectivity index (χ2n) is 16.6. The predicted octanol–water partition coefficient (Wildman–Crippen LogP) is 12.7. The number of nitrogens with zero attached hydrogens (tertiary/aromatic N) is 1. The smallest absolute Gasteiger partial charge is 0.219 e. The van der Waals surface area contributed by atoms with E-state index in [1.54, 1.807) is 12.1 Å². The zero-order valence-corrected chi connectivity index (χ0v) is 38.8. The summed E-state index contributed by atoms with van der Waals surface area (Å²) < 4.78 is 31.2. The Labute approximate surface area is 349 Å². The number of hydrogen-bond acceptors (Lipinski definition) is 5. The summed E-state index contributed by atoms with van der Waals surface area (Å²) in [5.74, 6) is 0.235. The van der Waals surface area contributed by atoms with E-state index < -0.39 is 10.1 Å². The molecular weight excluding hydrogens is 715 g/mol. The molecule has 8 heteroatoms. The number of rotatable bonds is 37. The summed E-state index contributed by atoms with van der Waals surface area (Å²) in [6.45, 7) is 9.38. The molecule has 0 unspecified atom stereocenters.